The standard InChI is InChI=1S/C19H20N4O/c1-14-7-8-18(22-17(14)10-20)21-11-16-9-19(24)23(13-16)12-15-5-3-2-4-6-15/h2-8,16H,9,11-13H2,1H3,(H,21,22). The van der Waals surface area contributed by atoms with Gasteiger partial charge in [-0.1, -0.05) is 36.4 Å². The van der Waals surface area contributed by atoms with E-state index >= 15 is 0 Å². The molecule has 0 spiro atoms. The van der Waals surface area contributed by atoms with E-state index in [1.165, 1.54) is 0 Å². The maximum atomic E-state index is 12.2. The molecule has 1 aliphatic rings. The molecule has 1 aromatic heterocycles. The van der Waals surface area contributed by atoms with E-state index in [0.29, 0.717) is 31.0 Å². The molecule has 1 aromatic carbocycles. The van der Waals surface area contributed by atoms with Crippen molar-refractivity contribution >= 4 is 11.7 Å². The van der Waals surface area contributed by atoms with E-state index in [-0.39, 0.29) is 11.8 Å². The minimum Gasteiger partial charge on any atom is -0.370 e. The Morgan fingerprint density at radius 2 is 2.08 bits per heavy atom. The summed E-state index contributed by atoms with van der Waals surface area (Å²) >= 11 is 0. The number of likely N-dealkylation sites (tertiary alicyclic amines) is 1. The maximum Gasteiger partial charge on any atom is 0.223 e. The topological polar surface area (TPSA) is 69.0 Å². The van der Waals surface area contributed by atoms with E-state index in [9.17, 15) is 4.79 Å². The molecule has 1 atom stereocenters. The molecule has 0 aliphatic carbocycles. The van der Waals surface area contributed by atoms with Crippen molar-refractivity contribution in [2.75, 3.05) is 18.4 Å². The molecule has 1 fully saturated rings. The zero-order valence-corrected chi connectivity index (χ0v) is 13.7. The quantitative estimate of drug-likeness (QED) is 0.919. The van der Waals surface area contributed by atoms with Gasteiger partial charge in [-0.15, -0.1) is 0 Å². The second-order valence-corrected chi connectivity index (χ2v) is 6.18. The van der Waals surface area contributed by atoms with Crippen LogP contribution in [0.5, 0.6) is 0 Å². The van der Waals surface area contributed by atoms with E-state index in [4.69, 9.17) is 5.26 Å². The Hall–Kier alpha value is -2.87. The average Bonchev–Trinajstić information content (AvgIpc) is 2.95. The summed E-state index contributed by atoms with van der Waals surface area (Å²) in [6, 6.07) is 15.9. The third-order valence-electron chi connectivity index (χ3n) is 4.29. The molecule has 0 saturated carbocycles. The van der Waals surface area contributed by atoms with E-state index in [1.54, 1.807) is 0 Å². The number of nitrogens with one attached hydrogen (secondary N) is 1. The highest BCUT2D eigenvalue weighted by Gasteiger charge is 2.29. The number of hydrogen-bond donors (Lipinski definition) is 1. The van der Waals surface area contributed by atoms with Crippen LogP contribution in [-0.4, -0.2) is 28.9 Å². The number of nitrogens with zero attached hydrogens (tertiary/aromatic N) is 3. The molecule has 5 heteroatoms. The summed E-state index contributed by atoms with van der Waals surface area (Å²) in [5.74, 6) is 1.14. The third kappa shape index (κ3) is 3.72. The fraction of sp³-hybridized carbons (Fsp3) is 0.316. The van der Waals surface area contributed by atoms with Crippen LogP contribution in [0.4, 0.5) is 5.82 Å². The Morgan fingerprint density at radius 3 is 2.83 bits per heavy atom. The van der Waals surface area contributed by atoms with Gasteiger partial charge < -0.3 is 10.2 Å². The first-order chi connectivity index (χ1) is 11.7. The second kappa shape index (κ2) is 7.14. The SMILES string of the molecule is Cc1ccc(NCC2CC(=O)N(Cc3ccccc3)C2)nc1C#N. The molecule has 0 radical (unpaired) electrons. The van der Waals surface area contributed by atoms with E-state index in [0.717, 1.165) is 17.7 Å². The van der Waals surface area contributed by atoms with Gasteiger partial charge >= 0.3 is 0 Å². The summed E-state index contributed by atoms with van der Waals surface area (Å²) in [5, 5.41) is 12.3. The number of rotatable bonds is 5. The van der Waals surface area contributed by atoms with Gasteiger partial charge in [-0.3, -0.25) is 4.79 Å². The molecule has 1 saturated heterocycles. The number of hydrogen-bond acceptors (Lipinski definition) is 4. The molecule has 1 aliphatic heterocycles. The predicted octanol–water partition coefficient (Wildman–Crippen LogP) is 2.72. The van der Waals surface area contributed by atoms with Gasteiger partial charge in [0.1, 0.15) is 17.6 Å². The highest BCUT2D eigenvalue weighted by molar-refractivity contribution is 5.78. The number of pyridine rings is 1. The maximum absolute atomic E-state index is 12.2. The first-order valence-electron chi connectivity index (χ1n) is 8.09. The van der Waals surface area contributed by atoms with Crippen molar-refractivity contribution in [1.82, 2.24) is 9.88 Å². The van der Waals surface area contributed by atoms with Gasteiger partial charge in [-0.05, 0) is 24.1 Å². The van der Waals surface area contributed by atoms with E-state index in [1.807, 2.05) is 54.3 Å². The van der Waals surface area contributed by atoms with Crippen molar-refractivity contribution in [3.63, 3.8) is 0 Å². The molecule has 1 unspecified atom stereocenters. The third-order valence-corrected chi connectivity index (χ3v) is 4.29. The number of nitriles is 1. The molecule has 122 valence electrons. The lowest BCUT2D eigenvalue weighted by Gasteiger charge is -2.17. The van der Waals surface area contributed by atoms with Gasteiger partial charge in [0, 0.05) is 32.0 Å². The largest absolute Gasteiger partial charge is 0.370 e. The zero-order chi connectivity index (χ0) is 16.9. The lowest BCUT2D eigenvalue weighted by Crippen LogP contribution is -2.25. The monoisotopic (exact) mass is 320 g/mol. The minimum atomic E-state index is 0.195. The van der Waals surface area contributed by atoms with Crippen LogP contribution in [0.2, 0.25) is 0 Å². The van der Waals surface area contributed by atoms with Crippen LogP contribution in [0.3, 0.4) is 0 Å². The van der Waals surface area contributed by atoms with Crippen LogP contribution < -0.4 is 5.32 Å². The number of carbonyl (C=O) groups excluding carboxylic acids is 1. The Labute approximate surface area is 141 Å². The molecule has 24 heavy (non-hydrogen) atoms. The number of aryl methyl sites for hydroxylation is 1. The second-order valence-electron chi connectivity index (χ2n) is 6.18. The molecule has 2 heterocycles. The van der Waals surface area contributed by atoms with Crippen LogP contribution in [0, 0.1) is 24.2 Å². The number of aromatic nitrogens is 1. The van der Waals surface area contributed by atoms with Crippen molar-refractivity contribution in [1.29, 1.82) is 5.26 Å². The summed E-state index contributed by atoms with van der Waals surface area (Å²) in [6.07, 6.45) is 0.552. The number of anilines is 1. The highest BCUT2D eigenvalue weighted by Crippen LogP contribution is 2.21. The molecular formula is C19H20N4O. The lowest BCUT2D eigenvalue weighted by molar-refractivity contribution is -0.128. The first-order valence-corrected chi connectivity index (χ1v) is 8.09. The van der Waals surface area contributed by atoms with Crippen molar-refractivity contribution in [3.05, 3.63) is 59.3 Å². The molecular weight excluding hydrogens is 300 g/mol. The lowest BCUT2D eigenvalue weighted by atomic mass is 10.1. The van der Waals surface area contributed by atoms with Gasteiger partial charge in [-0.2, -0.15) is 5.26 Å². The zero-order valence-electron chi connectivity index (χ0n) is 13.7. The smallest absolute Gasteiger partial charge is 0.223 e. The van der Waals surface area contributed by atoms with Gasteiger partial charge in [0.25, 0.3) is 0 Å². The van der Waals surface area contributed by atoms with Crippen molar-refractivity contribution in [2.45, 2.75) is 19.9 Å². The van der Waals surface area contributed by atoms with Crippen LogP contribution in [-0.2, 0) is 11.3 Å². The highest BCUT2D eigenvalue weighted by atomic mass is 16.2. The predicted molar refractivity (Wildman–Crippen MR) is 92.1 cm³/mol. The fourth-order valence-corrected chi connectivity index (χ4v) is 2.94. The molecule has 1 amide bonds. The minimum absolute atomic E-state index is 0.195. The van der Waals surface area contributed by atoms with Crippen molar-refractivity contribution in [3.8, 4) is 6.07 Å². The summed E-state index contributed by atoms with van der Waals surface area (Å²) in [7, 11) is 0. The van der Waals surface area contributed by atoms with E-state index < -0.39 is 0 Å². The number of carbonyl (C=O) groups is 1. The van der Waals surface area contributed by atoms with Crippen molar-refractivity contribution < 1.29 is 4.79 Å². The summed E-state index contributed by atoms with van der Waals surface area (Å²) in [5.41, 5.74) is 2.46. The van der Waals surface area contributed by atoms with Gasteiger partial charge in [0.15, 0.2) is 0 Å². The Kier molecular flexibility index (Phi) is 4.76. The Morgan fingerprint density at radius 1 is 1.29 bits per heavy atom. The van der Waals surface area contributed by atoms with Crippen LogP contribution in [0.1, 0.15) is 23.2 Å². The van der Waals surface area contributed by atoms with Crippen LogP contribution >= 0.6 is 0 Å². The first kappa shape index (κ1) is 16.0. The Bertz CT molecular complexity index is 767. The number of benzene rings is 1. The van der Waals surface area contributed by atoms with Crippen LogP contribution in [0.15, 0.2) is 42.5 Å². The van der Waals surface area contributed by atoms with Crippen molar-refractivity contribution in [2.24, 2.45) is 5.92 Å². The Balaban J connectivity index is 1.56. The van der Waals surface area contributed by atoms with Gasteiger partial charge in [0.05, 0.1) is 0 Å². The van der Waals surface area contributed by atoms with Gasteiger partial charge in [-0.25, -0.2) is 4.98 Å². The van der Waals surface area contributed by atoms with Gasteiger partial charge in [0.2, 0.25) is 5.91 Å². The summed E-state index contributed by atoms with van der Waals surface area (Å²) < 4.78 is 0. The van der Waals surface area contributed by atoms with Crippen LogP contribution in [0.25, 0.3) is 0 Å². The number of amides is 1. The summed E-state index contributed by atoms with van der Waals surface area (Å²) in [6.45, 7) is 3.96. The molecule has 2 aromatic rings. The summed E-state index contributed by atoms with van der Waals surface area (Å²) in [4.78, 5) is 18.4. The normalized spacial score (nSPS) is 16.9. The molecule has 1 N–H and O–H groups in total. The average molecular weight is 320 g/mol. The molecule has 0 bridgehead atoms. The molecule has 5 nitrogen and oxygen atoms in total. The van der Waals surface area contributed by atoms with E-state index in [2.05, 4.69) is 16.4 Å². The fourth-order valence-electron chi connectivity index (χ4n) is 2.94. The molecule has 3 rings (SSSR count).